The van der Waals surface area contributed by atoms with E-state index in [0.29, 0.717) is 43.6 Å². The van der Waals surface area contributed by atoms with E-state index in [9.17, 15) is 14.7 Å². The summed E-state index contributed by atoms with van der Waals surface area (Å²) < 4.78 is 0. The van der Waals surface area contributed by atoms with Crippen molar-refractivity contribution in [1.82, 2.24) is 4.90 Å². The molecule has 148 valence electrons. The first-order valence-corrected chi connectivity index (χ1v) is 9.77. The van der Waals surface area contributed by atoms with Gasteiger partial charge in [-0.25, -0.2) is 0 Å². The van der Waals surface area contributed by atoms with E-state index in [-0.39, 0.29) is 17.9 Å². The van der Waals surface area contributed by atoms with Gasteiger partial charge in [-0.3, -0.25) is 9.59 Å². The summed E-state index contributed by atoms with van der Waals surface area (Å²) in [6.07, 6.45) is 1.34. The van der Waals surface area contributed by atoms with Crippen molar-refractivity contribution in [3.05, 3.63) is 64.2 Å². The van der Waals surface area contributed by atoms with Gasteiger partial charge < -0.3 is 15.3 Å². The van der Waals surface area contributed by atoms with Gasteiger partial charge >= 0.3 is 0 Å². The van der Waals surface area contributed by atoms with E-state index in [1.54, 1.807) is 0 Å². The molecule has 2 N–H and O–H groups in total. The fourth-order valence-corrected chi connectivity index (χ4v) is 3.84. The molecule has 5 nitrogen and oxygen atoms in total. The lowest BCUT2D eigenvalue weighted by molar-refractivity contribution is -0.132. The highest BCUT2D eigenvalue weighted by molar-refractivity contribution is 6.06. The molecule has 1 saturated heterocycles. The summed E-state index contributed by atoms with van der Waals surface area (Å²) in [6.45, 7) is 7.15. The number of anilines is 1. The standard InChI is InChI=1S/C23H28N2O3/c1-15-12-16(2)22(17(3)13-15)23(28)24-19-6-4-18(5-7-19)14-21(27)25-10-8-20(26)9-11-25/h4-7,12-13,20,26H,8-11,14H2,1-3H3,(H,24,28). The van der Waals surface area contributed by atoms with Crippen molar-refractivity contribution in [2.24, 2.45) is 0 Å². The van der Waals surface area contributed by atoms with Crippen LogP contribution in [0, 0.1) is 20.8 Å². The van der Waals surface area contributed by atoms with Crippen LogP contribution in [0.4, 0.5) is 5.69 Å². The molecular formula is C23H28N2O3. The van der Waals surface area contributed by atoms with Crippen LogP contribution in [0.2, 0.25) is 0 Å². The van der Waals surface area contributed by atoms with Gasteiger partial charge in [0.2, 0.25) is 5.91 Å². The first-order chi connectivity index (χ1) is 13.3. The normalized spacial score (nSPS) is 14.8. The Morgan fingerprint density at radius 3 is 2.18 bits per heavy atom. The fourth-order valence-electron chi connectivity index (χ4n) is 3.84. The number of carbonyl (C=O) groups excluding carboxylic acids is 2. The summed E-state index contributed by atoms with van der Waals surface area (Å²) in [7, 11) is 0. The van der Waals surface area contributed by atoms with Crippen molar-refractivity contribution in [1.29, 1.82) is 0 Å². The lowest BCUT2D eigenvalue weighted by Crippen LogP contribution is -2.40. The topological polar surface area (TPSA) is 69.6 Å². The van der Waals surface area contributed by atoms with Gasteiger partial charge in [0.05, 0.1) is 12.5 Å². The summed E-state index contributed by atoms with van der Waals surface area (Å²) >= 11 is 0. The maximum absolute atomic E-state index is 12.7. The smallest absolute Gasteiger partial charge is 0.256 e. The van der Waals surface area contributed by atoms with Gasteiger partial charge in [0.1, 0.15) is 0 Å². The minimum atomic E-state index is -0.284. The predicted octanol–water partition coefficient (Wildman–Crippen LogP) is 3.39. The summed E-state index contributed by atoms with van der Waals surface area (Å²) in [5, 5.41) is 12.5. The predicted molar refractivity (Wildman–Crippen MR) is 111 cm³/mol. The quantitative estimate of drug-likeness (QED) is 0.854. The van der Waals surface area contributed by atoms with Crippen LogP contribution >= 0.6 is 0 Å². The van der Waals surface area contributed by atoms with Crippen LogP contribution in [0.1, 0.15) is 45.5 Å². The van der Waals surface area contributed by atoms with Gasteiger partial charge in [0, 0.05) is 24.3 Å². The van der Waals surface area contributed by atoms with E-state index in [1.165, 1.54) is 0 Å². The number of amides is 2. The van der Waals surface area contributed by atoms with Crippen molar-refractivity contribution in [3.63, 3.8) is 0 Å². The van der Waals surface area contributed by atoms with Crippen molar-refractivity contribution < 1.29 is 14.7 Å². The number of likely N-dealkylation sites (tertiary alicyclic amines) is 1. The van der Waals surface area contributed by atoms with Gasteiger partial charge in [-0.2, -0.15) is 0 Å². The largest absolute Gasteiger partial charge is 0.393 e. The van der Waals surface area contributed by atoms with Crippen molar-refractivity contribution in [2.75, 3.05) is 18.4 Å². The maximum atomic E-state index is 12.7. The number of piperidine rings is 1. The zero-order valence-electron chi connectivity index (χ0n) is 16.8. The lowest BCUT2D eigenvalue weighted by atomic mass is 9.99. The first-order valence-electron chi connectivity index (χ1n) is 9.77. The van der Waals surface area contributed by atoms with E-state index >= 15 is 0 Å². The molecule has 0 aromatic heterocycles. The molecule has 2 amide bonds. The molecule has 2 aromatic carbocycles. The number of nitrogens with one attached hydrogen (secondary N) is 1. The van der Waals surface area contributed by atoms with Gasteiger partial charge in [-0.05, 0) is 62.4 Å². The Balaban J connectivity index is 1.62. The number of carbonyl (C=O) groups is 2. The van der Waals surface area contributed by atoms with Gasteiger partial charge in [-0.1, -0.05) is 29.8 Å². The highest BCUT2D eigenvalue weighted by Gasteiger charge is 2.21. The van der Waals surface area contributed by atoms with Crippen LogP contribution in [0.5, 0.6) is 0 Å². The molecule has 3 rings (SSSR count). The molecule has 0 unspecified atom stereocenters. The second-order valence-electron chi connectivity index (χ2n) is 7.71. The van der Waals surface area contributed by atoms with Crippen molar-refractivity contribution >= 4 is 17.5 Å². The average Bonchev–Trinajstić information content (AvgIpc) is 2.63. The SMILES string of the molecule is Cc1cc(C)c(C(=O)Nc2ccc(CC(=O)N3CCC(O)CC3)cc2)c(C)c1. The second-order valence-corrected chi connectivity index (χ2v) is 7.71. The lowest BCUT2D eigenvalue weighted by Gasteiger charge is -2.29. The van der Waals surface area contributed by atoms with E-state index in [2.05, 4.69) is 5.32 Å². The van der Waals surface area contributed by atoms with Crippen LogP contribution in [-0.4, -0.2) is 41.0 Å². The Labute approximate surface area is 166 Å². The molecule has 0 aliphatic carbocycles. The third kappa shape index (κ3) is 4.78. The minimum Gasteiger partial charge on any atom is -0.393 e. The number of hydrogen-bond donors (Lipinski definition) is 2. The molecule has 5 heteroatoms. The van der Waals surface area contributed by atoms with E-state index in [1.807, 2.05) is 62.1 Å². The maximum Gasteiger partial charge on any atom is 0.256 e. The number of aryl methyl sites for hydroxylation is 3. The molecule has 2 aromatic rings. The zero-order valence-corrected chi connectivity index (χ0v) is 16.8. The van der Waals surface area contributed by atoms with Crippen LogP contribution in [0.25, 0.3) is 0 Å². The molecule has 0 spiro atoms. The summed E-state index contributed by atoms with van der Waals surface area (Å²) in [5.41, 5.74) is 5.40. The van der Waals surface area contributed by atoms with Gasteiger partial charge in [0.15, 0.2) is 0 Å². The molecule has 1 aliphatic heterocycles. The molecule has 1 fully saturated rings. The molecular weight excluding hydrogens is 352 g/mol. The number of benzene rings is 2. The Hall–Kier alpha value is -2.66. The van der Waals surface area contributed by atoms with Crippen molar-refractivity contribution in [3.8, 4) is 0 Å². The van der Waals surface area contributed by atoms with E-state index in [4.69, 9.17) is 0 Å². The molecule has 28 heavy (non-hydrogen) atoms. The van der Waals surface area contributed by atoms with E-state index < -0.39 is 0 Å². The summed E-state index contributed by atoms with van der Waals surface area (Å²) in [5.74, 6) is -0.0414. The third-order valence-corrected chi connectivity index (χ3v) is 5.29. The summed E-state index contributed by atoms with van der Waals surface area (Å²) in [6, 6.07) is 11.4. The number of hydrogen-bond acceptors (Lipinski definition) is 3. The monoisotopic (exact) mass is 380 g/mol. The first kappa shape index (κ1) is 20.1. The average molecular weight is 380 g/mol. The number of nitrogens with zero attached hydrogens (tertiary/aromatic N) is 1. The Morgan fingerprint density at radius 1 is 1.04 bits per heavy atom. The van der Waals surface area contributed by atoms with Crippen LogP contribution < -0.4 is 5.32 Å². The minimum absolute atomic E-state index is 0.0783. The zero-order chi connectivity index (χ0) is 20.3. The Bertz CT molecular complexity index is 843. The molecule has 0 bridgehead atoms. The van der Waals surface area contributed by atoms with Gasteiger partial charge in [0.25, 0.3) is 5.91 Å². The Morgan fingerprint density at radius 2 is 1.61 bits per heavy atom. The third-order valence-electron chi connectivity index (χ3n) is 5.29. The molecule has 1 heterocycles. The molecule has 0 radical (unpaired) electrons. The number of aliphatic hydroxyl groups is 1. The second kappa shape index (κ2) is 8.57. The number of aliphatic hydroxyl groups excluding tert-OH is 1. The van der Waals surface area contributed by atoms with E-state index in [0.717, 1.165) is 22.3 Å². The van der Waals surface area contributed by atoms with Crippen LogP contribution in [-0.2, 0) is 11.2 Å². The summed E-state index contributed by atoms with van der Waals surface area (Å²) in [4.78, 5) is 26.9. The van der Waals surface area contributed by atoms with Crippen LogP contribution in [0.15, 0.2) is 36.4 Å². The number of rotatable bonds is 4. The highest BCUT2D eigenvalue weighted by atomic mass is 16.3. The van der Waals surface area contributed by atoms with Crippen molar-refractivity contribution in [2.45, 2.75) is 46.1 Å². The molecule has 1 aliphatic rings. The highest BCUT2D eigenvalue weighted by Crippen LogP contribution is 2.19. The molecule has 0 atom stereocenters. The fraction of sp³-hybridized carbons (Fsp3) is 0.391. The Kier molecular flexibility index (Phi) is 6.15. The van der Waals surface area contributed by atoms with Gasteiger partial charge in [-0.15, -0.1) is 0 Å². The molecule has 0 saturated carbocycles. The van der Waals surface area contributed by atoms with Crippen LogP contribution in [0.3, 0.4) is 0 Å².